The Morgan fingerprint density at radius 2 is 1.86 bits per heavy atom. The second-order valence-corrected chi connectivity index (χ2v) is 8.10. The molecule has 1 atom stereocenters. The van der Waals surface area contributed by atoms with Crippen LogP contribution < -0.4 is 4.74 Å². The predicted molar refractivity (Wildman–Crippen MR) is 115 cm³/mol. The summed E-state index contributed by atoms with van der Waals surface area (Å²) in [4.78, 5) is 12.1. The molecule has 0 bridgehead atoms. The molecule has 0 saturated heterocycles. The first-order chi connectivity index (χ1) is 13.9. The SMILES string of the molecule is CCOC(=O)[C@@H](C)Sc1nnc(-c2ccc(OC)cc2)n1-c1ccc(Cl)c(Cl)c1. The van der Waals surface area contributed by atoms with E-state index in [9.17, 15) is 4.79 Å². The molecule has 0 fully saturated rings. The molecule has 0 N–H and O–H groups in total. The second-order valence-electron chi connectivity index (χ2n) is 5.98. The molecule has 0 radical (unpaired) electrons. The van der Waals surface area contributed by atoms with E-state index < -0.39 is 5.25 Å². The van der Waals surface area contributed by atoms with Crippen molar-refractivity contribution >= 4 is 40.9 Å². The van der Waals surface area contributed by atoms with Gasteiger partial charge in [-0.05, 0) is 56.3 Å². The molecule has 152 valence electrons. The molecule has 29 heavy (non-hydrogen) atoms. The monoisotopic (exact) mass is 451 g/mol. The highest BCUT2D eigenvalue weighted by Crippen LogP contribution is 2.33. The number of hydrogen-bond donors (Lipinski definition) is 0. The molecular weight excluding hydrogens is 433 g/mol. The highest BCUT2D eigenvalue weighted by molar-refractivity contribution is 8.00. The van der Waals surface area contributed by atoms with Crippen LogP contribution in [0.2, 0.25) is 10.0 Å². The van der Waals surface area contributed by atoms with E-state index in [0.717, 1.165) is 17.0 Å². The maximum absolute atomic E-state index is 12.1. The average molecular weight is 452 g/mol. The fraction of sp³-hybridized carbons (Fsp3) is 0.250. The van der Waals surface area contributed by atoms with Gasteiger partial charge in [0.2, 0.25) is 0 Å². The number of thioether (sulfide) groups is 1. The number of aromatic nitrogens is 3. The van der Waals surface area contributed by atoms with Gasteiger partial charge >= 0.3 is 5.97 Å². The minimum atomic E-state index is -0.454. The van der Waals surface area contributed by atoms with E-state index in [1.165, 1.54) is 11.8 Å². The number of esters is 1. The van der Waals surface area contributed by atoms with Crippen molar-refractivity contribution in [2.45, 2.75) is 24.3 Å². The van der Waals surface area contributed by atoms with Gasteiger partial charge in [-0.15, -0.1) is 10.2 Å². The standard InChI is InChI=1S/C20H19Cl2N3O3S/c1-4-28-19(26)12(2)29-20-24-23-18(13-5-8-15(27-3)9-6-13)25(20)14-7-10-16(21)17(22)11-14/h5-12H,4H2,1-3H3/t12-/m1/s1. The van der Waals surface area contributed by atoms with Gasteiger partial charge in [-0.2, -0.15) is 0 Å². The minimum absolute atomic E-state index is 0.313. The van der Waals surface area contributed by atoms with Crippen LogP contribution in [0.5, 0.6) is 5.75 Å². The molecule has 6 nitrogen and oxygen atoms in total. The summed E-state index contributed by atoms with van der Waals surface area (Å²) in [5, 5.41) is 9.60. The van der Waals surface area contributed by atoms with Crippen molar-refractivity contribution in [1.29, 1.82) is 0 Å². The van der Waals surface area contributed by atoms with Crippen LogP contribution in [-0.2, 0) is 9.53 Å². The van der Waals surface area contributed by atoms with E-state index in [1.54, 1.807) is 33.1 Å². The Bertz CT molecular complexity index is 1010. The number of benzene rings is 2. The third kappa shape index (κ3) is 4.86. The van der Waals surface area contributed by atoms with Crippen LogP contribution in [0.15, 0.2) is 47.6 Å². The maximum atomic E-state index is 12.1. The summed E-state index contributed by atoms with van der Waals surface area (Å²) in [7, 11) is 1.61. The topological polar surface area (TPSA) is 66.2 Å². The van der Waals surface area contributed by atoms with E-state index in [1.807, 2.05) is 34.9 Å². The van der Waals surface area contributed by atoms with Crippen LogP contribution in [0, 0.1) is 0 Å². The lowest BCUT2D eigenvalue weighted by molar-refractivity contribution is -0.142. The Morgan fingerprint density at radius 1 is 1.14 bits per heavy atom. The summed E-state index contributed by atoms with van der Waals surface area (Å²) < 4.78 is 12.2. The third-order valence-corrected chi connectivity index (χ3v) is 5.80. The predicted octanol–water partition coefficient (Wildman–Crippen LogP) is 5.29. The first-order valence-electron chi connectivity index (χ1n) is 8.83. The lowest BCUT2D eigenvalue weighted by atomic mass is 10.2. The highest BCUT2D eigenvalue weighted by Gasteiger charge is 2.23. The van der Waals surface area contributed by atoms with Crippen LogP contribution in [-0.4, -0.2) is 39.7 Å². The van der Waals surface area contributed by atoms with Crippen LogP contribution >= 0.6 is 35.0 Å². The summed E-state index contributed by atoms with van der Waals surface area (Å²) in [5.41, 5.74) is 1.56. The lowest BCUT2D eigenvalue weighted by Gasteiger charge is -2.14. The van der Waals surface area contributed by atoms with Crippen LogP contribution in [0.4, 0.5) is 0 Å². The van der Waals surface area contributed by atoms with Gasteiger partial charge in [-0.3, -0.25) is 9.36 Å². The van der Waals surface area contributed by atoms with E-state index in [4.69, 9.17) is 32.7 Å². The Hall–Kier alpha value is -2.22. The smallest absolute Gasteiger partial charge is 0.319 e. The van der Waals surface area contributed by atoms with Gasteiger partial charge < -0.3 is 9.47 Å². The first kappa shape index (κ1) is 21.5. The normalized spacial score (nSPS) is 11.9. The van der Waals surface area contributed by atoms with Crippen molar-refractivity contribution in [2.24, 2.45) is 0 Å². The largest absolute Gasteiger partial charge is 0.497 e. The molecule has 1 aromatic heterocycles. The second kappa shape index (κ2) is 9.52. The Balaban J connectivity index is 2.07. The van der Waals surface area contributed by atoms with E-state index in [-0.39, 0.29) is 5.97 Å². The number of carbonyl (C=O) groups excluding carboxylic acids is 1. The zero-order valence-corrected chi connectivity index (χ0v) is 18.4. The Kier molecular flexibility index (Phi) is 7.05. The summed E-state index contributed by atoms with van der Waals surface area (Å²) in [6.07, 6.45) is 0. The number of methoxy groups -OCH3 is 1. The average Bonchev–Trinajstić information content (AvgIpc) is 3.13. The molecule has 9 heteroatoms. The fourth-order valence-electron chi connectivity index (χ4n) is 2.60. The molecule has 0 spiro atoms. The number of ether oxygens (including phenoxy) is 2. The van der Waals surface area contributed by atoms with Gasteiger partial charge in [0.15, 0.2) is 11.0 Å². The van der Waals surface area contributed by atoms with Crippen molar-refractivity contribution in [2.75, 3.05) is 13.7 Å². The van der Waals surface area contributed by atoms with Crippen LogP contribution in [0.25, 0.3) is 17.1 Å². The number of nitrogens with zero attached hydrogens (tertiary/aromatic N) is 3. The Morgan fingerprint density at radius 3 is 2.48 bits per heavy atom. The number of halogens is 2. The van der Waals surface area contributed by atoms with E-state index in [0.29, 0.717) is 27.6 Å². The van der Waals surface area contributed by atoms with Crippen molar-refractivity contribution < 1.29 is 14.3 Å². The van der Waals surface area contributed by atoms with Gasteiger partial charge in [-0.25, -0.2) is 0 Å². The maximum Gasteiger partial charge on any atom is 0.319 e. The Labute approximate surface area is 183 Å². The lowest BCUT2D eigenvalue weighted by Crippen LogP contribution is -2.17. The molecule has 3 rings (SSSR count). The third-order valence-electron chi connectivity index (χ3n) is 4.04. The minimum Gasteiger partial charge on any atom is -0.497 e. The van der Waals surface area contributed by atoms with E-state index >= 15 is 0 Å². The highest BCUT2D eigenvalue weighted by atomic mass is 35.5. The van der Waals surface area contributed by atoms with Crippen molar-refractivity contribution in [3.63, 3.8) is 0 Å². The number of rotatable bonds is 7. The number of carbonyl (C=O) groups is 1. The molecule has 0 aliphatic rings. The molecule has 1 heterocycles. The van der Waals surface area contributed by atoms with Crippen molar-refractivity contribution in [3.8, 4) is 22.8 Å². The van der Waals surface area contributed by atoms with Crippen LogP contribution in [0.1, 0.15) is 13.8 Å². The molecular formula is C20H19Cl2N3O3S. The van der Waals surface area contributed by atoms with Gasteiger partial charge in [0.25, 0.3) is 0 Å². The number of hydrogen-bond acceptors (Lipinski definition) is 6. The first-order valence-corrected chi connectivity index (χ1v) is 10.5. The van der Waals surface area contributed by atoms with E-state index in [2.05, 4.69) is 10.2 Å². The summed E-state index contributed by atoms with van der Waals surface area (Å²) in [6, 6.07) is 12.7. The summed E-state index contributed by atoms with van der Waals surface area (Å²) in [6.45, 7) is 3.86. The molecule has 0 aliphatic carbocycles. The molecule has 0 saturated carbocycles. The molecule has 0 aliphatic heterocycles. The molecule has 0 amide bonds. The molecule has 3 aromatic rings. The summed E-state index contributed by atoms with van der Waals surface area (Å²) in [5.74, 6) is 1.02. The quantitative estimate of drug-likeness (QED) is 0.358. The van der Waals surface area contributed by atoms with Gasteiger partial charge in [-0.1, -0.05) is 35.0 Å². The van der Waals surface area contributed by atoms with Crippen molar-refractivity contribution in [1.82, 2.24) is 14.8 Å². The summed E-state index contributed by atoms with van der Waals surface area (Å²) >= 11 is 13.6. The zero-order chi connectivity index (χ0) is 21.0. The van der Waals surface area contributed by atoms with Gasteiger partial charge in [0.05, 0.1) is 29.4 Å². The van der Waals surface area contributed by atoms with Crippen LogP contribution in [0.3, 0.4) is 0 Å². The van der Waals surface area contributed by atoms with Gasteiger partial charge in [0, 0.05) is 5.56 Å². The zero-order valence-electron chi connectivity index (χ0n) is 16.1. The van der Waals surface area contributed by atoms with Gasteiger partial charge in [0.1, 0.15) is 11.0 Å². The fourth-order valence-corrected chi connectivity index (χ4v) is 3.75. The van der Waals surface area contributed by atoms with Crippen molar-refractivity contribution in [3.05, 3.63) is 52.5 Å². The molecule has 2 aromatic carbocycles. The molecule has 0 unspecified atom stereocenters.